The summed E-state index contributed by atoms with van der Waals surface area (Å²) in [4.78, 5) is 15.7. The number of sulfonamides is 1. The van der Waals surface area contributed by atoms with E-state index < -0.39 is 10.0 Å². The van der Waals surface area contributed by atoms with Crippen molar-refractivity contribution in [1.29, 1.82) is 0 Å². The number of nitrogens with one attached hydrogen (secondary N) is 2. The van der Waals surface area contributed by atoms with Crippen molar-refractivity contribution in [2.24, 2.45) is 5.14 Å². The minimum Gasteiger partial charge on any atom is -0.373 e. The number of amides is 1. The van der Waals surface area contributed by atoms with Crippen LogP contribution in [0.3, 0.4) is 0 Å². The van der Waals surface area contributed by atoms with Crippen LogP contribution in [0, 0.1) is 0 Å². The lowest BCUT2D eigenvalue weighted by molar-refractivity contribution is 0.0953. The fraction of sp³-hybridized carbons (Fsp3) is 0.400. The number of pyridine rings is 1. The average Bonchev–Trinajstić information content (AvgIpc) is 2.32. The lowest BCUT2D eigenvalue weighted by Crippen LogP contribution is -2.27. The van der Waals surface area contributed by atoms with Crippen LogP contribution in [0.25, 0.3) is 0 Å². The van der Waals surface area contributed by atoms with Crippen LogP contribution < -0.4 is 15.8 Å². The number of primary sulfonamides is 1. The van der Waals surface area contributed by atoms with Crippen LogP contribution in [-0.4, -0.2) is 38.7 Å². The number of carbonyl (C=O) groups excluding carboxylic acids is 1. The van der Waals surface area contributed by atoms with E-state index in [1.807, 2.05) is 0 Å². The lowest BCUT2D eigenvalue weighted by Gasteiger charge is -2.07. The Morgan fingerprint density at radius 2 is 2.16 bits per heavy atom. The van der Waals surface area contributed by atoms with Gasteiger partial charge in [0, 0.05) is 19.2 Å². The predicted octanol–water partition coefficient (Wildman–Crippen LogP) is 0.185. The van der Waals surface area contributed by atoms with Gasteiger partial charge in [0.05, 0.1) is 5.75 Å². The molecule has 0 saturated carbocycles. The molecule has 0 aliphatic rings. The first-order valence-electron chi connectivity index (χ1n) is 5.46. The largest absolute Gasteiger partial charge is 0.373 e. The van der Waals surface area contributed by atoms with Crippen LogP contribution in [0.4, 0.5) is 5.82 Å². The summed E-state index contributed by atoms with van der Waals surface area (Å²) in [6.45, 7) is 0.212. The quantitative estimate of drug-likeness (QED) is 0.512. The van der Waals surface area contributed by atoms with Gasteiger partial charge in [-0.2, -0.15) is 0 Å². The van der Waals surface area contributed by atoms with Gasteiger partial charge in [-0.1, -0.05) is 11.6 Å². The molecule has 0 aromatic carbocycles. The van der Waals surface area contributed by atoms with Crippen molar-refractivity contribution in [3.05, 3.63) is 22.8 Å². The molecular formula is C10H15ClN4O3S. The first-order valence-corrected chi connectivity index (χ1v) is 7.55. The van der Waals surface area contributed by atoms with Crippen molar-refractivity contribution in [1.82, 2.24) is 10.3 Å². The molecule has 0 radical (unpaired) electrons. The van der Waals surface area contributed by atoms with Crippen LogP contribution in [0.2, 0.25) is 5.15 Å². The SMILES string of the molecule is CNc1cc(C(=O)NCCCS(N)(=O)=O)cc(Cl)n1. The molecule has 0 bridgehead atoms. The summed E-state index contributed by atoms with van der Waals surface area (Å²) in [6, 6.07) is 2.97. The second-order valence-corrected chi connectivity index (χ2v) is 5.91. The van der Waals surface area contributed by atoms with Crippen molar-refractivity contribution >= 4 is 33.3 Å². The Labute approximate surface area is 116 Å². The van der Waals surface area contributed by atoms with Crippen LogP contribution in [-0.2, 0) is 10.0 Å². The maximum absolute atomic E-state index is 11.8. The minimum atomic E-state index is -3.50. The number of halogens is 1. The van der Waals surface area contributed by atoms with Crippen LogP contribution in [0.1, 0.15) is 16.8 Å². The van der Waals surface area contributed by atoms with Gasteiger partial charge in [0.25, 0.3) is 5.91 Å². The fourth-order valence-electron chi connectivity index (χ4n) is 1.33. The first kappa shape index (κ1) is 15.7. The molecule has 1 amide bonds. The van der Waals surface area contributed by atoms with Gasteiger partial charge in [0.2, 0.25) is 10.0 Å². The van der Waals surface area contributed by atoms with Crippen LogP contribution in [0.5, 0.6) is 0 Å². The van der Waals surface area contributed by atoms with Gasteiger partial charge >= 0.3 is 0 Å². The van der Waals surface area contributed by atoms with Crippen molar-refractivity contribution < 1.29 is 13.2 Å². The Morgan fingerprint density at radius 1 is 1.47 bits per heavy atom. The Hall–Kier alpha value is -1.38. The first-order chi connectivity index (χ1) is 8.81. The summed E-state index contributed by atoms with van der Waals surface area (Å²) < 4.78 is 21.4. The van der Waals surface area contributed by atoms with E-state index in [0.29, 0.717) is 11.4 Å². The normalized spacial score (nSPS) is 11.1. The number of hydrogen-bond acceptors (Lipinski definition) is 5. The number of rotatable bonds is 6. The molecular weight excluding hydrogens is 292 g/mol. The maximum Gasteiger partial charge on any atom is 0.251 e. The van der Waals surface area contributed by atoms with E-state index in [2.05, 4.69) is 15.6 Å². The smallest absolute Gasteiger partial charge is 0.251 e. The van der Waals surface area contributed by atoms with Gasteiger partial charge in [-0.3, -0.25) is 4.79 Å². The number of nitrogens with zero attached hydrogens (tertiary/aromatic N) is 1. The number of nitrogens with two attached hydrogens (primary N) is 1. The van der Waals surface area contributed by atoms with Crippen molar-refractivity contribution in [3.8, 4) is 0 Å². The zero-order valence-electron chi connectivity index (χ0n) is 10.3. The molecule has 0 fully saturated rings. The van der Waals surface area contributed by atoms with E-state index in [-0.39, 0.29) is 29.8 Å². The number of carbonyl (C=O) groups is 1. The zero-order valence-corrected chi connectivity index (χ0v) is 11.9. The minimum absolute atomic E-state index is 0.174. The van der Waals surface area contributed by atoms with E-state index >= 15 is 0 Å². The van der Waals surface area contributed by atoms with Gasteiger partial charge in [0.1, 0.15) is 11.0 Å². The molecule has 7 nitrogen and oxygen atoms in total. The monoisotopic (exact) mass is 306 g/mol. The molecule has 0 unspecified atom stereocenters. The second-order valence-electron chi connectivity index (χ2n) is 3.79. The van der Waals surface area contributed by atoms with E-state index in [0.717, 1.165) is 0 Å². The van der Waals surface area contributed by atoms with E-state index in [4.69, 9.17) is 16.7 Å². The van der Waals surface area contributed by atoms with Crippen molar-refractivity contribution in [3.63, 3.8) is 0 Å². The topological polar surface area (TPSA) is 114 Å². The highest BCUT2D eigenvalue weighted by Crippen LogP contribution is 2.13. The third-order valence-electron chi connectivity index (χ3n) is 2.20. The van der Waals surface area contributed by atoms with Crippen LogP contribution >= 0.6 is 11.6 Å². The molecule has 19 heavy (non-hydrogen) atoms. The Balaban J connectivity index is 2.56. The van der Waals surface area contributed by atoms with E-state index in [1.165, 1.54) is 6.07 Å². The number of hydrogen-bond donors (Lipinski definition) is 3. The molecule has 9 heteroatoms. The standard InChI is InChI=1S/C10H15ClN4O3S/c1-13-9-6-7(5-8(11)15-9)10(16)14-3-2-4-19(12,17)18/h5-6H,2-4H2,1H3,(H,13,15)(H,14,16)(H2,12,17,18). The Bertz CT molecular complexity index is 562. The van der Waals surface area contributed by atoms with Gasteiger partial charge < -0.3 is 10.6 Å². The highest BCUT2D eigenvalue weighted by molar-refractivity contribution is 7.89. The molecule has 1 rings (SSSR count). The fourth-order valence-corrected chi connectivity index (χ4v) is 2.09. The average molecular weight is 307 g/mol. The summed E-state index contributed by atoms with van der Waals surface area (Å²) in [5, 5.41) is 10.4. The molecule has 0 spiro atoms. The van der Waals surface area contributed by atoms with Crippen LogP contribution in [0.15, 0.2) is 12.1 Å². The predicted molar refractivity (Wildman–Crippen MR) is 73.7 cm³/mol. The van der Waals surface area contributed by atoms with Crippen molar-refractivity contribution in [2.45, 2.75) is 6.42 Å². The molecule has 1 aromatic rings. The molecule has 0 aliphatic carbocycles. The molecule has 106 valence electrons. The molecule has 0 saturated heterocycles. The third-order valence-corrected chi connectivity index (χ3v) is 3.25. The third kappa shape index (κ3) is 5.86. The van der Waals surface area contributed by atoms with Crippen molar-refractivity contribution in [2.75, 3.05) is 24.7 Å². The summed E-state index contributed by atoms with van der Waals surface area (Å²) in [7, 11) is -1.84. The molecule has 4 N–H and O–H groups in total. The molecule has 0 aliphatic heterocycles. The van der Waals surface area contributed by atoms with Gasteiger partial charge in [-0.15, -0.1) is 0 Å². The highest BCUT2D eigenvalue weighted by Gasteiger charge is 2.09. The van der Waals surface area contributed by atoms with Gasteiger partial charge in [-0.25, -0.2) is 18.5 Å². The molecule has 0 atom stereocenters. The van der Waals surface area contributed by atoms with Gasteiger partial charge in [0.15, 0.2) is 0 Å². The van der Waals surface area contributed by atoms with E-state index in [9.17, 15) is 13.2 Å². The zero-order chi connectivity index (χ0) is 14.5. The lowest BCUT2D eigenvalue weighted by atomic mass is 10.2. The maximum atomic E-state index is 11.8. The summed E-state index contributed by atoms with van der Waals surface area (Å²) in [6.07, 6.45) is 0.252. The highest BCUT2D eigenvalue weighted by atomic mass is 35.5. The second kappa shape index (κ2) is 6.69. The Kier molecular flexibility index (Phi) is 5.52. The number of anilines is 1. The summed E-state index contributed by atoms with van der Waals surface area (Å²) in [5.41, 5.74) is 0.347. The Morgan fingerprint density at radius 3 is 2.74 bits per heavy atom. The molecule has 1 heterocycles. The summed E-state index contributed by atoms with van der Waals surface area (Å²) >= 11 is 5.77. The van der Waals surface area contributed by atoms with Gasteiger partial charge in [-0.05, 0) is 18.6 Å². The molecule has 1 aromatic heterocycles. The number of aromatic nitrogens is 1. The van der Waals surface area contributed by atoms with E-state index in [1.54, 1.807) is 13.1 Å². The summed E-state index contributed by atoms with van der Waals surface area (Å²) in [5.74, 6) is -0.0519.